The highest BCUT2D eigenvalue weighted by atomic mass is 35.5. The Kier molecular flexibility index (Phi) is 7.76. The lowest BCUT2D eigenvalue weighted by molar-refractivity contribution is -0.133. The fourth-order valence-corrected chi connectivity index (χ4v) is 2.75. The molecule has 0 spiro atoms. The summed E-state index contributed by atoms with van der Waals surface area (Å²) in [5.74, 6) is 0.711. The Morgan fingerprint density at radius 3 is 2.72 bits per heavy atom. The summed E-state index contributed by atoms with van der Waals surface area (Å²) in [4.78, 5) is 27.8. The Bertz CT molecular complexity index is 601. The average molecular weight is 366 g/mol. The first-order valence-corrected chi connectivity index (χ1v) is 8.72. The highest BCUT2D eigenvalue weighted by molar-refractivity contribution is 6.30. The Morgan fingerprint density at radius 2 is 2.04 bits per heavy atom. The van der Waals surface area contributed by atoms with Crippen molar-refractivity contribution in [3.05, 3.63) is 41.9 Å². The molecule has 1 aliphatic rings. The molecule has 0 saturated carbocycles. The van der Waals surface area contributed by atoms with E-state index in [0.717, 1.165) is 0 Å². The van der Waals surface area contributed by atoms with E-state index in [1.165, 1.54) is 0 Å². The van der Waals surface area contributed by atoms with Crippen molar-refractivity contribution < 1.29 is 14.3 Å². The number of ether oxygens (including phenoxy) is 1. The van der Waals surface area contributed by atoms with Crippen molar-refractivity contribution in [3.8, 4) is 5.75 Å². The maximum absolute atomic E-state index is 12.2. The summed E-state index contributed by atoms with van der Waals surface area (Å²) in [7, 11) is 0. The molecule has 2 amide bonds. The van der Waals surface area contributed by atoms with Gasteiger partial charge in [0.2, 0.25) is 11.8 Å². The van der Waals surface area contributed by atoms with E-state index in [9.17, 15) is 9.59 Å². The van der Waals surface area contributed by atoms with E-state index in [1.54, 1.807) is 18.2 Å². The van der Waals surface area contributed by atoms with Crippen LogP contribution < -0.4 is 10.1 Å². The lowest BCUT2D eigenvalue weighted by Gasteiger charge is -2.34. The monoisotopic (exact) mass is 365 g/mol. The van der Waals surface area contributed by atoms with Crippen molar-refractivity contribution in [3.63, 3.8) is 0 Å². The van der Waals surface area contributed by atoms with Crippen molar-refractivity contribution in [1.29, 1.82) is 0 Å². The molecule has 1 fully saturated rings. The third kappa shape index (κ3) is 6.76. The molecule has 1 saturated heterocycles. The number of hydrogen-bond donors (Lipinski definition) is 1. The van der Waals surface area contributed by atoms with Crippen LogP contribution >= 0.6 is 11.6 Å². The minimum atomic E-state index is -0.0189. The number of amides is 2. The van der Waals surface area contributed by atoms with Crippen LogP contribution in [0.15, 0.2) is 36.9 Å². The number of nitrogens with one attached hydrogen (secondary N) is 1. The highest BCUT2D eigenvalue weighted by Gasteiger charge is 2.22. The summed E-state index contributed by atoms with van der Waals surface area (Å²) in [6.45, 7) is 7.37. The third-order valence-corrected chi connectivity index (χ3v) is 4.15. The molecule has 1 aliphatic heterocycles. The lowest BCUT2D eigenvalue weighted by Crippen LogP contribution is -2.51. The lowest BCUT2D eigenvalue weighted by atomic mass is 10.2. The van der Waals surface area contributed by atoms with E-state index in [-0.39, 0.29) is 11.8 Å². The van der Waals surface area contributed by atoms with Crippen molar-refractivity contribution in [1.82, 2.24) is 15.1 Å². The molecular weight excluding hydrogens is 342 g/mol. The summed E-state index contributed by atoms with van der Waals surface area (Å²) in [5, 5.41) is 3.36. The van der Waals surface area contributed by atoms with Gasteiger partial charge in [-0.1, -0.05) is 23.7 Å². The summed E-state index contributed by atoms with van der Waals surface area (Å²) in [6.07, 6.45) is 1.98. The van der Waals surface area contributed by atoms with Crippen LogP contribution in [-0.4, -0.2) is 67.5 Å². The average Bonchev–Trinajstić information content (AvgIpc) is 2.60. The molecule has 1 N–H and O–H groups in total. The molecule has 0 bridgehead atoms. The quantitative estimate of drug-likeness (QED) is 0.710. The number of nitrogens with zero attached hydrogens (tertiary/aromatic N) is 2. The number of piperazine rings is 1. The van der Waals surface area contributed by atoms with E-state index < -0.39 is 0 Å². The van der Waals surface area contributed by atoms with Gasteiger partial charge in [0.1, 0.15) is 5.75 Å². The van der Waals surface area contributed by atoms with Crippen molar-refractivity contribution >= 4 is 23.4 Å². The van der Waals surface area contributed by atoms with E-state index in [0.29, 0.717) is 63.1 Å². The summed E-state index contributed by atoms with van der Waals surface area (Å²) < 4.78 is 5.56. The van der Waals surface area contributed by atoms with Gasteiger partial charge in [0.25, 0.3) is 0 Å². The predicted octanol–water partition coefficient (Wildman–Crippen LogP) is 1.56. The van der Waals surface area contributed by atoms with Gasteiger partial charge in [-0.3, -0.25) is 14.5 Å². The van der Waals surface area contributed by atoms with Gasteiger partial charge in [-0.15, -0.1) is 6.58 Å². The number of halogens is 1. The van der Waals surface area contributed by atoms with Crippen LogP contribution in [-0.2, 0) is 9.59 Å². The minimum Gasteiger partial charge on any atom is -0.493 e. The van der Waals surface area contributed by atoms with Crippen LogP contribution in [0.1, 0.15) is 6.42 Å². The van der Waals surface area contributed by atoms with Crippen molar-refractivity contribution in [2.75, 3.05) is 45.9 Å². The Hall–Kier alpha value is -2.05. The number of carbonyl (C=O) groups excluding carboxylic acids is 2. The Labute approximate surface area is 153 Å². The maximum atomic E-state index is 12.2. The first kappa shape index (κ1) is 19.3. The second-order valence-electron chi connectivity index (χ2n) is 5.81. The van der Waals surface area contributed by atoms with Gasteiger partial charge in [-0.05, 0) is 18.2 Å². The molecule has 7 heteroatoms. The van der Waals surface area contributed by atoms with Gasteiger partial charge in [0.15, 0.2) is 0 Å². The van der Waals surface area contributed by atoms with Crippen molar-refractivity contribution in [2.45, 2.75) is 6.42 Å². The second kappa shape index (κ2) is 10.1. The molecule has 25 heavy (non-hydrogen) atoms. The highest BCUT2D eigenvalue weighted by Crippen LogP contribution is 2.17. The SMILES string of the molecule is C=CCNC(=O)CN1CCN(C(=O)CCOc2cccc(Cl)c2)CC1. The summed E-state index contributed by atoms with van der Waals surface area (Å²) in [5.41, 5.74) is 0. The van der Waals surface area contributed by atoms with E-state index in [4.69, 9.17) is 16.3 Å². The fourth-order valence-electron chi connectivity index (χ4n) is 2.57. The number of rotatable bonds is 8. The largest absolute Gasteiger partial charge is 0.493 e. The van der Waals surface area contributed by atoms with Gasteiger partial charge >= 0.3 is 0 Å². The normalized spacial score (nSPS) is 14.8. The molecule has 6 nitrogen and oxygen atoms in total. The van der Waals surface area contributed by atoms with E-state index in [1.807, 2.05) is 21.9 Å². The number of benzene rings is 1. The first-order chi connectivity index (χ1) is 12.1. The molecule has 0 unspecified atom stereocenters. The zero-order valence-electron chi connectivity index (χ0n) is 14.2. The molecule has 1 aromatic rings. The van der Waals surface area contributed by atoms with Crippen LogP contribution in [0.5, 0.6) is 5.75 Å². The molecule has 0 radical (unpaired) electrons. The topological polar surface area (TPSA) is 61.9 Å². The molecule has 0 aliphatic carbocycles. The number of carbonyl (C=O) groups is 2. The molecule has 2 rings (SSSR count). The minimum absolute atomic E-state index is 0.0189. The second-order valence-corrected chi connectivity index (χ2v) is 6.24. The van der Waals surface area contributed by atoms with E-state index in [2.05, 4.69) is 11.9 Å². The number of hydrogen-bond acceptors (Lipinski definition) is 4. The van der Waals surface area contributed by atoms with Gasteiger partial charge in [-0.25, -0.2) is 0 Å². The van der Waals surface area contributed by atoms with Crippen LogP contribution in [0.4, 0.5) is 0 Å². The van der Waals surface area contributed by atoms with Gasteiger partial charge < -0.3 is 15.0 Å². The van der Waals surface area contributed by atoms with Crippen LogP contribution in [0.3, 0.4) is 0 Å². The van der Waals surface area contributed by atoms with E-state index >= 15 is 0 Å². The smallest absolute Gasteiger partial charge is 0.234 e. The molecule has 136 valence electrons. The predicted molar refractivity (Wildman–Crippen MR) is 97.8 cm³/mol. The first-order valence-electron chi connectivity index (χ1n) is 8.34. The molecule has 1 aromatic carbocycles. The van der Waals surface area contributed by atoms with Gasteiger partial charge in [-0.2, -0.15) is 0 Å². The van der Waals surface area contributed by atoms with Crippen LogP contribution in [0.25, 0.3) is 0 Å². The molecule has 0 aromatic heterocycles. The van der Waals surface area contributed by atoms with Gasteiger partial charge in [0, 0.05) is 37.7 Å². The summed E-state index contributed by atoms with van der Waals surface area (Å²) >= 11 is 5.89. The van der Waals surface area contributed by atoms with Crippen molar-refractivity contribution in [2.24, 2.45) is 0 Å². The van der Waals surface area contributed by atoms with Crippen LogP contribution in [0, 0.1) is 0 Å². The standard InChI is InChI=1S/C18H24ClN3O3/c1-2-7-20-17(23)14-21-8-10-22(11-9-21)18(24)6-12-25-16-5-3-4-15(19)13-16/h2-5,13H,1,6-12,14H2,(H,20,23). The van der Waals surface area contributed by atoms with Gasteiger partial charge in [0.05, 0.1) is 19.6 Å². The Morgan fingerprint density at radius 1 is 1.28 bits per heavy atom. The third-order valence-electron chi connectivity index (χ3n) is 3.92. The van der Waals surface area contributed by atoms with Crippen LogP contribution in [0.2, 0.25) is 5.02 Å². The zero-order chi connectivity index (χ0) is 18.1. The Balaban J connectivity index is 1.65. The molecule has 0 atom stereocenters. The molecule has 1 heterocycles. The zero-order valence-corrected chi connectivity index (χ0v) is 15.0. The molecular formula is C18H24ClN3O3. The fraction of sp³-hybridized carbons (Fsp3) is 0.444. The maximum Gasteiger partial charge on any atom is 0.234 e. The summed E-state index contributed by atoms with van der Waals surface area (Å²) in [6, 6.07) is 7.12.